The molecule has 0 atom stereocenters. The second-order valence-corrected chi connectivity index (χ2v) is 5.01. The predicted octanol–water partition coefficient (Wildman–Crippen LogP) is 5.06. The Bertz CT molecular complexity index is 178. The summed E-state index contributed by atoms with van der Waals surface area (Å²) in [6, 6.07) is 0. The molecule has 0 saturated carbocycles. The lowest BCUT2D eigenvalue weighted by molar-refractivity contribution is -0.143. The summed E-state index contributed by atoms with van der Waals surface area (Å²) in [5.74, 6) is -0.00995. The van der Waals surface area contributed by atoms with Gasteiger partial charge in [-0.2, -0.15) is 0 Å². The maximum absolute atomic E-state index is 11.4. The standard InChI is InChI=1S/C16H31O2/c1-3-5-7-9-11-13-15-18-16(17)14-12-10-8-6-4-2/h1,3-15H2,2H3. The molecule has 107 valence electrons. The quantitative estimate of drug-likeness (QED) is 0.339. The van der Waals surface area contributed by atoms with Gasteiger partial charge in [-0.1, -0.05) is 71.6 Å². The number of hydrogen-bond acceptors (Lipinski definition) is 2. The largest absolute Gasteiger partial charge is 0.466 e. The fourth-order valence-corrected chi connectivity index (χ4v) is 1.94. The molecule has 0 fully saturated rings. The van der Waals surface area contributed by atoms with Crippen molar-refractivity contribution in [1.82, 2.24) is 0 Å². The first-order valence-corrected chi connectivity index (χ1v) is 7.76. The lowest BCUT2D eigenvalue weighted by atomic mass is 10.1. The molecule has 0 N–H and O–H groups in total. The van der Waals surface area contributed by atoms with Gasteiger partial charge < -0.3 is 4.74 Å². The summed E-state index contributed by atoms with van der Waals surface area (Å²) in [4.78, 5) is 11.4. The van der Waals surface area contributed by atoms with Crippen molar-refractivity contribution in [1.29, 1.82) is 0 Å². The van der Waals surface area contributed by atoms with Crippen molar-refractivity contribution in [3.05, 3.63) is 6.92 Å². The lowest BCUT2D eigenvalue weighted by Gasteiger charge is -2.04. The average molecular weight is 255 g/mol. The number of carbonyl (C=O) groups is 1. The summed E-state index contributed by atoms with van der Waals surface area (Å²) < 4.78 is 5.20. The first-order chi connectivity index (χ1) is 8.81. The van der Waals surface area contributed by atoms with Crippen molar-refractivity contribution in [2.24, 2.45) is 0 Å². The minimum Gasteiger partial charge on any atom is -0.466 e. The van der Waals surface area contributed by atoms with E-state index in [0.717, 1.165) is 25.7 Å². The zero-order chi connectivity index (χ0) is 13.5. The predicted molar refractivity (Wildman–Crippen MR) is 77.4 cm³/mol. The topological polar surface area (TPSA) is 26.3 Å². The van der Waals surface area contributed by atoms with E-state index in [1.165, 1.54) is 44.9 Å². The molecule has 0 aliphatic rings. The van der Waals surface area contributed by atoms with Crippen LogP contribution in [0.1, 0.15) is 84.0 Å². The molecule has 0 aliphatic carbocycles. The third kappa shape index (κ3) is 13.5. The molecule has 0 saturated heterocycles. The molecule has 0 heterocycles. The number of rotatable bonds is 13. The molecule has 2 nitrogen and oxygen atoms in total. The van der Waals surface area contributed by atoms with Crippen LogP contribution in [0.2, 0.25) is 0 Å². The SMILES string of the molecule is [CH2]CCCCCCCOC(=O)CCCCCCC. The van der Waals surface area contributed by atoms with Gasteiger partial charge in [0.2, 0.25) is 0 Å². The fraction of sp³-hybridized carbons (Fsp3) is 0.875. The van der Waals surface area contributed by atoms with Crippen LogP contribution in [0, 0.1) is 6.92 Å². The zero-order valence-electron chi connectivity index (χ0n) is 12.2. The van der Waals surface area contributed by atoms with Crippen LogP contribution in [-0.4, -0.2) is 12.6 Å². The van der Waals surface area contributed by atoms with Gasteiger partial charge in [-0.05, 0) is 12.8 Å². The highest BCUT2D eigenvalue weighted by Gasteiger charge is 2.01. The molecule has 0 aliphatic heterocycles. The Morgan fingerprint density at radius 1 is 0.889 bits per heavy atom. The van der Waals surface area contributed by atoms with Gasteiger partial charge >= 0.3 is 5.97 Å². The highest BCUT2D eigenvalue weighted by Crippen LogP contribution is 2.07. The summed E-state index contributed by atoms with van der Waals surface area (Å²) in [6.45, 7) is 6.63. The lowest BCUT2D eigenvalue weighted by Crippen LogP contribution is -2.05. The number of unbranched alkanes of at least 4 members (excludes halogenated alkanes) is 9. The van der Waals surface area contributed by atoms with Crippen LogP contribution in [0.15, 0.2) is 0 Å². The van der Waals surface area contributed by atoms with Crippen LogP contribution >= 0.6 is 0 Å². The normalized spacial score (nSPS) is 10.6. The Kier molecular flexibility index (Phi) is 14.1. The Morgan fingerprint density at radius 3 is 2.22 bits per heavy atom. The van der Waals surface area contributed by atoms with Crippen molar-refractivity contribution in [3.8, 4) is 0 Å². The Balaban J connectivity index is 3.12. The molecule has 1 radical (unpaired) electrons. The molecule has 18 heavy (non-hydrogen) atoms. The van der Waals surface area contributed by atoms with E-state index in [2.05, 4.69) is 13.8 Å². The molecule has 0 aromatic heterocycles. The van der Waals surface area contributed by atoms with E-state index in [1.807, 2.05) is 0 Å². The van der Waals surface area contributed by atoms with Gasteiger partial charge in [0.1, 0.15) is 0 Å². The number of ether oxygens (including phenoxy) is 1. The smallest absolute Gasteiger partial charge is 0.305 e. The molecule has 0 aromatic rings. The second kappa shape index (κ2) is 14.5. The number of carbonyl (C=O) groups excluding carboxylic acids is 1. The minimum absolute atomic E-state index is 0.00995. The van der Waals surface area contributed by atoms with Crippen LogP contribution in [0.25, 0.3) is 0 Å². The first-order valence-electron chi connectivity index (χ1n) is 7.76. The molecule has 2 heteroatoms. The zero-order valence-corrected chi connectivity index (χ0v) is 12.2. The fourth-order valence-electron chi connectivity index (χ4n) is 1.94. The van der Waals surface area contributed by atoms with Crippen LogP contribution in [-0.2, 0) is 9.53 Å². The molecule has 0 bridgehead atoms. The van der Waals surface area contributed by atoms with Gasteiger partial charge in [-0.25, -0.2) is 0 Å². The number of hydrogen-bond donors (Lipinski definition) is 0. The van der Waals surface area contributed by atoms with Crippen LogP contribution in [0.5, 0.6) is 0 Å². The van der Waals surface area contributed by atoms with Crippen molar-refractivity contribution in [2.75, 3.05) is 6.61 Å². The van der Waals surface area contributed by atoms with Gasteiger partial charge in [-0.15, -0.1) is 0 Å². The summed E-state index contributed by atoms with van der Waals surface area (Å²) in [5, 5.41) is 0. The molecule has 0 rings (SSSR count). The summed E-state index contributed by atoms with van der Waals surface area (Å²) in [7, 11) is 0. The molecule has 0 aromatic carbocycles. The maximum atomic E-state index is 11.4. The second-order valence-electron chi connectivity index (χ2n) is 5.01. The van der Waals surface area contributed by atoms with Gasteiger partial charge in [0.15, 0.2) is 0 Å². The van der Waals surface area contributed by atoms with Gasteiger partial charge in [0, 0.05) is 6.42 Å². The van der Waals surface area contributed by atoms with E-state index in [-0.39, 0.29) is 5.97 Å². The monoisotopic (exact) mass is 255 g/mol. The number of esters is 1. The highest BCUT2D eigenvalue weighted by molar-refractivity contribution is 5.69. The van der Waals surface area contributed by atoms with Crippen molar-refractivity contribution < 1.29 is 9.53 Å². The molecule has 0 spiro atoms. The Morgan fingerprint density at radius 2 is 1.50 bits per heavy atom. The maximum Gasteiger partial charge on any atom is 0.305 e. The van der Waals surface area contributed by atoms with E-state index in [9.17, 15) is 4.79 Å². The highest BCUT2D eigenvalue weighted by atomic mass is 16.5. The molecular formula is C16H31O2. The molecular weight excluding hydrogens is 224 g/mol. The van der Waals surface area contributed by atoms with Crippen molar-refractivity contribution >= 4 is 5.97 Å². The average Bonchev–Trinajstić information content (AvgIpc) is 2.37. The minimum atomic E-state index is -0.00995. The molecule has 0 unspecified atom stereocenters. The first kappa shape index (κ1) is 17.5. The van der Waals surface area contributed by atoms with Crippen molar-refractivity contribution in [3.63, 3.8) is 0 Å². The summed E-state index contributed by atoms with van der Waals surface area (Å²) in [6.07, 6.45) is 13.5. The third-order valence-corrected chi connectivity index (χ3v) is 3.14. The van der Waals surface area contributed by atoms with Gasteiger partial charge in [-0.3, -0.25) is 4.79 Å². The Labute approximate surface area is 113 Å². The van der Waals surface area contributed by atoms with E-state index < -0.39 is 0 Å². The van der Waals surface area contributed by atoms with Gasteiger partial charge in [0.25, 0.3) is 0 Å². The van der Waals surface area contributed by atoms with E-state index in [0.29, 0.717) is 13.0 Å². The van der Waals surface area contributed by atoms with Crippen LogP contribution < -0.4 is 0 Å². The van der Waals surface area contributed by atoms with Gasteiger partial charge in [0.05, 0.1) is 6.61 Å². The van der Waals surface area contributed by atoms with Crippen LogP contribution in [0.3, 0.4) is 0 Å². The van der Waals surface area contributed by atoms with E-state index in [1.54, 1.807) is 0 Å². The third-order valence-electron chi connectivity index (χ3n) is 3.14. The summed E-state index contributed by atoms with van der Waals surface area (Å²) >= 11 is 0. The summed E-state index contributed by atoms with van der Waals surface area (Å²) in [5.41, 5.74) is 0. The Hall–Kier alpha value is -0.530. The van der Waals surface area contributed by atoms with Crippen molar-refractivity contribution in [2.45, 2.75) is 84.0 Å². The van der Waals surface area contributed by atoms with Crippen LogP contribution in [0.4, 0.5) is 0 Å². The van der Waals surface area contributed by atoms with E-state index >= 15 is 0 Å². The molecule has 0 amide bonds. The van der Waals surface area contributed by atoms with E-state index in [4.69, 9.17) is 4.74 Å².